The number of hydrogen-bond acceptors (Lipinski definition) is 7. The van der Waals surface area contributed by atoms with Gasteiger partial charge in [0, 0.05) is 12.8 Å². The molecule has 0 saturated heterocycles. The number of rotatable bonds is 8. The maximum absolute atomic E-state index is 13.4. The molecule has 0 saturated carbocycles. The van der Waals surface area contributed by atoms with Crippen LogP contribution in [0.5, 0.6) is 5.88 Å². The molecule has 4 rings (SSSR count). The highest BCUT2D eigenvalue weighted by atomic mass is 32.1. The molecule has 0 fully saturated rings. The van der Waals surface area contributed by atoms with Gasteiger partial charge in [-0.3, -0.25) is 9.59 Å². The first-order valence-electron chi connectivity index (χ1n) is 10.6. The number of aryl methyl sites for hydroxylation is 1. The highest BCUT2D eigenvalue weighted by molar-refractivity contribution is 7.20. The molecule has 34 heavy (non-hydrogen) atoms. The number of carbonyl (C=O) groups excluding carboxylic acids is 2. The Labute approximate surface area is 201 Å². The average Bonchev–Trinajstić information content (AvgIpc) is 3.19. The van der Waals surface area contributed by atoms with Gasteiger partial charge in [0.1, 0.15) is 17.5 Å². The van der Waals surface area contributed by atoms with Crippen molar-refractivity contribution in [1.29, 1.82) is 0 Å². The second kappa shape index (κ2) is 10.4. The molecule has 2 N–H and O–H groups in total. The van der Waals surface area contributed by atoms with Gasteiger partial charge in [-0.05, 0) is 30.2 Å². The van der Waals surface area contributed by atoms with Crippen molar-refractivity contribution in [1.82, 2.24) is 15.3 Å². The molecule has 4 aromatic rings. The lowest BCUT2D eigenvalue weighted by Crippen LogP contribution is -2.36. The number of thiophene rings is 1. The van der Waals surface area contributed by atoms with Gasteiger partial charge in [0.25, 0.3) is 11.8 Å². The van der Waals surface area contributed by atoms with Gasteiger partial charge in [0.15, 0.2) is 5.82 Å². The zero-order valence-electron chi connectivity index (χ0n) is 19.0. The van der Waals surface area contributed by atoms with Gasteiger partial charge in [-0.25, -0.2) is 4.98 Å². The van der Waals surface area contributed by atoms with Gasteiger partial charge in [-0.1, -0.05) is 48.5 Å². The first kappa shape index (κ1) is 23.3. The molecular weight excluding hydrogens is 452 g/mol. The van der Waals surface area contributed by atoms with Crippen LogP contribution in [0.15, 0.2) is 60.7 Å². The monoisotopic (exact) mass is 476 g/mol. The molecule has 1 atom stereocenters. The van der Waals surface area contributed by atoms with E-state index in [4.69, 9.17) is 9.47 Å². The van der Waals surface area contributed by atoms with Crippen molar-refractivity contribution in [3.05, 3.63) is 82.5 Å². The number of anilines is 1. The Morgan fingerprint density at radius 2 is 1.68 bits per heavy atom. The largest absolute Gasteiger partial charge is 0.480 e. The minimum absolute atomic E-state index is 0.223. The number of ether oxygens (including phenoxy) is 2. The number of fused-ring (bicyclic) bond motifs is 1. The smallest absolute Gasteiger partial charge is 0.262 e. The summed E-state index contributed by atoms with van der Waals surface area (Å²) in [7, 11) is 3.08. The van der Waals surface area contributed by atoms with Gasteiger partial charge in [0.05, 0.1) is 17.4 Å². The van der Waals surface area contributed by atoms with Crippen molar-refractivity contribution < 1.29 is 19.1 Å². The zero-order chi connectivity index (χ0) is 24.1. The third-order valence-corrected chi connectivity index (χ3v) is 6.37. The predicted molar refractivity (Wildman–Crippen MR) is 131 cm³/mol. The molecule has 8 nitrogen and oxygen atoms in total. The molecule has 2 aromatic heterocycles. The van der Waals surface area contributed by atoms with Crippen molar-refractivity contribution in [3.63, 3.8) is 0 Å². The molecule has 0 bridgehead atoms. The standard InChI is InChI=1S/C25H24N4O4S/c1-15-19-24(33-3)27-18(14-32-2)28-25(19)34-21(15)23(31)29-20(16-10-6-4-7-11-16)22(30)26-17-12-8-5-9-13-17/h4-13,20H,14H2,1-3H3,(H,26,30)(H,29,31). The molecule has 174 valence electrons. The van der Waals surface area contributed by atoms with E-state index in [1.54, 1.807) is 31.4 Å². The van der Waals surface area contributed by atoms with E-state index in [1.165, 1.54) is 18.4 Å². The van der Waals surface area contributed by atoms with Crippen LogP contribution >= 0.6 is 11.3 Å². The molecule has 2 aromatic carbocycles. The first-order chi connectivity index (χ1) is 16.5. The molecule has 0 radical (unpaired) electrons. The van der Waals surface area contributed by atoms with Crippen LogP contribution in [0.25, 0.3) is 10.2 Å². The fraction of sp³-hybridized carbons (Fsp3) is 0.200. The van der Waals surface area contributed by atoms with Crippen LogP contribution in [0.3, 0.4) is 0 Å². The molecule has 9 heteroatoms. The summed E-state index contributed by atoms with van der Waals surface area (Å²) in [5.74, 6) is 0.118. The summed E-state index contributed by atoms with van der Waals surface area (Å²) in [6, 6.07) is 17.3. The second-order valence-electron chi connectivity index (χ2n) is 7.49. The minimum Gasteiger partial charge on any atom is -0.480 e. The summed E-state index contributed by atoms with van der Waals surface area (Å²) in [6.45, 7) is 2.04. The van der Waals surface area contributed by atoms with Gasteiger partial charge in [-0.15, -0.1) is 11.3 Å². The summed E-state index contributed by atoms with van der Waals surface area (Å²) in [5, 5.41) is 6.44. The van der Waals surface area contributed by atoms with Crippen LogP contribution in [-0.4, -0.2) is 36.0 Å². The molecule has 1 unspecified atom stereocenters. The lowest BCUT2D eigenvalue weighted by Gasteiger charge is -2.19. The lowest BCUT2D eigenvalue weighted by atomic mass is 10.1. The molecule has 0 aliphatic carbocycles. The Kier molecular flexibility index (Phi) is 7.15. The van der Waals surface area contributed by atoms with Crippen LogP contribution in [0.2, 0.25) is 0 Å². The number of methoxy groups -OCH3 is 2. The maximum Gasteiger partial charge on any atom is 0.262 e. The Morgan fingerprint density at radius 3 is 2.32 bits per heavy atom. The lowest BCUT2D eigenvalue weighted by molar-refractivity contribution is -0.118. The van der Waals surface area contributed by atoms with Gasteiger partial charge in [-0.2, -0.15) is 4.98 Å². The van der Waals surface area contributed by atoms with E-state index < -0.39 is 6.04 Å². The molecule has 0 aliphatic heterocycles. The normalized spacial score (nSPS) is 11.7. The van der Waals surface area contributed by atoms with Crippen LogP contribution < -0.4 is 15.4 Å². The highest BCUT2D eigenvalue weighted by Crippen LogP contribution is 2.35. The van der Waals surface area contributed by atoms with Crippen molar-refractivity contribution >= 4 is 39.1 Å². The molecular formula is C25H24N4O4S. The third kappa shape index (κ3) is 4.90. The molecule has 2 heterocycles. The minimum atomic E-state index is -0.893. The topological polar surface area (TPSA) is 102 Å². The number of nitrogens with zero attached hydrogens (tertiary/aromatic N) is 2. The van der Waals surface area contributed by atoms with Gasteiger partial charge >= 0.3 is 0 Å². The number of carbonyl (C=O) groups is 2. The second-order valence-corrected chi connectivity index (χ2v) is 8.49. The Bertz CT molecular complexity index is 1310. The van der Waals surface area contributed by atoms with Crippen LogP contribution in [0, 0.1) is 6.92 Å². The Balaban J connectivity index is 1.67. The van der Waals surface area contributed by atoms with Crippen LogP contribution in [-0.2, 0) is 16.1 Å². The number of para-hydroxylation sites is 1. The Morgan fingerprint density at radius 1 is 1.00 bits per heavy atom. The third-order valence-electron chi connectivity index (χ3n) is 5.19. The number of aromatic nitrogens is 2. The predicted octanol–water partition coefficient (Wildman–Crippen LogP) is 4.26. The molecule has 2 amide bonds. The Hall–Kier alpha value is -3.82. The fourth-order valence-electron chi connectivity index (χ4n) is 3.58. The number of amides is 2. The van der Waals surface area contributed by atoms with Crippen LogP contribution in [0.1, 0.15) is 32.7 Å². The zero-order valence-corrected chi connectivity index (χ0v) is 19.8. The number of hydrogen-bond donors (Lipinski definition) is 2. The number of benzene rings is 2. The van der Waals surface area contributed by atoms with E-state index in [9.17, 15) is 9.59 Å². The quantitative estimate of drug-likeness (QED) is 0.394. The van der Waals surface area contributed by atoms with Gasteiger partial charge < -0.3 is 20.1 Å². The highest BCUT2D eigenvalue weighted by Gasteiger charge is 2.27. The summed E-state index contributed by atoms with van der Waals surface area (Å²) >= 11 is 1.22. The molecule has 0 aliphatic rings. The summed E-state index contributed by atoms with van der Waals surface area (Å²) in [5.41, 5.74) is 2.00. The van der Waals surface area contributed by atoms with E-state index in [0.717, 1.165) is 0 Å². The SMILES string of the molecule is COCc1nc(OC)c2c(C)c(C(=O)NC(C(=O)Nc3ccccc3)c3ccccc3)sc2n1. The van der Waals surface area contributed by atoms with Gasteiger partial charge in [0.2, 0.25) is 5.88 Å². The average molecular weight is 477 g/mol. The van der Waals surface area contributed by atoms with E-state index in [1.807, 2.05) is 43.3 Å². The summed E-state index contributed by atoms with van der Waals surface area (Å²) < 4.78 is 10.6. The summed E-state index contributed by atoms with van der Waals surface area (Å²) in [4.78, 5) is 36.5. The fourth-order valence-corrected chi connectivity index (χ4v) is 4.67. The number of nitrogens with one attached hydrogen (secondary N) is 2. The van der Waals surface area contributed by atoms with Crippen LogP contribution in [0.4, 0.5) is 5.69 Å². The summed E-state index contributed by atoms with van der Waals surface area (Å²) in [6.07, 6.45) is 0. The first-order valence-corrected chi connectivity index (χ1v) is 11.4. The van der Waals surface area contributed by atoms with E-state index in [-0.39, 0.29) is 18.4 Å². The van der Waals surface area contributed by atoms with E-state index in [2.05, 4.69) is 20.6 Å². The van der Waals surface area contributed by atoms with Crippen molar-refractivity contribution in [2.24, 2.45) is 0 Å². The molecule has 0 spiro atoms. The van der Waals surface area contributed by atoms with E-state index in [0.29, 0.717) is 43.6 Å². The van der Waals surface area contributed by atoms with Crippen molar-refractivity contribution in [3.8, 4) is 5.88 Å². The maximum atomic E-state index is 13.4. The van der Waals surface area contributed by atoms with Crippen molar-refractivity contribution in [2.45, 2.75) is 19.6 Å². The van der Waals surface area contributed by atoms with E-state index >= 15 is 0 Å². The van der Waals surface area contributed by atoms with Crippen molar-refractivity contribution in [2.75, 3.05) is 19.5 Å².